The second kappa shape index (κ2) is 4.61. The van der Waals surface area contributed by atoms with Crippen LogP contribution in [0.5, 0.6) is 0 Å². The van der Waals surface area contributed by atoms with Crippen molar-refractivity contribution in [1.29, 1.82) is 5.26 Å². The fourth-order valence-electron chi connectivity index (χ4n) is 1.54. The molecule has 0 aromatic carbocycles. The number of halogens is 1. The SMILES string of the molecule is CC(C)(C=O)n1cc(C#N)c(-c2ncccc2F)n1. The number of hydrogen-bond donors (Lipinski definition) is 0. The number of nitriles is 1. The van der Waals surface area contributed by atoms with Crippen molar-refractivity contribution in [3.63, 3.8) is 0 Å². The van der Waals surface area contributed by atoms with Gasteiger partial charge in [-0.15, -0.1) is 0 Å². The Morgan fingerprint density at radius 1 is 1.47 bits per heavy atom. The number of carbonyl (C=O) groups is 1. The van der Waals surface area contributed by atoms with Crippen molar-refractivity contribution < 1.29 is 9.18 Å². The maximum absolute atomic E-state index is 13.7. The van der Waals surface area contributed by atoms with Crippen LogP contribution in [0.2, 0.25) is 0 Å². The summed E-state index contributed by atoms with van der Waals surface area (Å²) < 4.78 is 15.0. The van der Waals surface area contributed by atoms with E-state index in [1.807, 2.05) is 6.07 Å². The third kappa shape index (κ3) is 2.22. The van der Waals surface area contributed by atoms with E-state index in [2.05, 4.69) is 10.1 Å². The number of nitrogens with zero attached hydrogens (tertiary/aromatic N) is 4. The maximum atomic E-state index is 13.7. The lowest BCUT2D eigenvalue weighted by atomic mass is 10.1. The van der Waals surface area contributed by atoms with Crippen molar-refractivity contribution >= 4 is 6.29 Å². The highest BCUT2D eigenvalue weighted by Crippen LogP contribution is 2.24. The van der Waals surface area contributed by atoms with Crippen LogP contribution in [0.3, 0.4) is 0 Å². The van der Waals surface area contributed by atoms with Crippen LogP contribution >= 0.6 is 0 Å². The number of aromatic nitrogens is 3. The Bertz CT molecular complexity index is 670. The van der Waals surface area contributed by atoms with E-state index < -0.39 is 11.4 Å². The van der Waals surface area contributed by atoms with Crippen molar-refractivity contribution in [2.75, 3.05) is 0 Å². The smallest absolute Gasteiger partial charge is 0.151 e. The van der Waals surface area contributed by atoms with Gasteiger partial charge in [-0.2, -0.15) is 10.4 Å². The van der Waals surface area contributed by atoms with Gasteiger partial charge in [-0.1, -0.05) is 0 Å². The molecule has 0 N–H and O–H groups in total. The van der Waals surface area contributed by atoms with Crippen molar-refractivity contribution in [3.8, 4) is 17.5 Å². The lowest BCUT2D eigenvalue weighted by Gasteiger charge is -2.16. The molecule has 19 heavy (non-hydrogen) atoms. The first kappa shape index (κ1) is 12.9. The zero-order valence-electron chi connectivity index (χ0n) is 10.5. The van der Waals surface area contributed by atoms with E-state index >= 15 is 0 Å². The van der Waals surface area contributed by atoms with E-state index in [9.17, 15) is 9.18 Å². The van der Waals surface area contributed by atoms with Crippen LogP contribution in [0.25, 0.3) is 11.4 Å². The average molecular weight is 258 g/mol. The normalized spacial score (nSPS) is 11.1. The van der Waals surface area contributed by atoms with E-state index in [4.69, 9.17) is 5.26 Å². The molecule has 0 aliphatic carbocycles. The van der Waals surface area contributed by atoms with Crippen LogP contribution < -0.4 is 0 Å². The standard InChI is InChI=1S/C13H11FN4O/c1-13(2,8-19)18-7-9(6-15)11(17-18)12-10(14)4-3-5-16-12/h3-5,7-8H,1-2H3. The van der Waals surface area contributed by atoms with Crippen molar-refractivity contribution in [3.05, 3.63) is 35.9 Å². The second-order valence-corrected chi connectivity index (χ2v) is 4.55. The molecule has 5 nitrogen and oxygen atoms in total. The minimum atomic E-state index is -0.908. The van der Waals surface area contributed by atoms with E-state index in [0.29, 0.717) is 6.29 Å². The van der Waals surface area contributed by atoms with Crippen LogP contribution in [-0.2, 0) is 10.3 Å². The summed E-state index contributed by atoms with van der Waals surface area (Å²) in [7, 11) is 0. The summed E-state index contributed by atoms with van der Waals surface area (Å²) in [6.45, 7) is 3.29. The third-order valence-electron chi connectivity index (χ3n) is 2.70. The summed E-state index contributed by atoms with van der Waals surface area (Å²) in [5.74, 6) is -0.562. The minimum Gasteiger partial charge on any atom is -0.301 e. The van der Waals surface area contributed by atoms with E-state index in [-0.39, 0.29) is 17.0 Å². The van der Waals surface area contributed by atoms with E-state index in [1.54, 1.807) is 13.8 Å². The van der Waals surface area contributed by atoms with Gasteiger partial charge in [-0.3, -0.25) is 9.67 Å². The van der Waals surface area contributed by atoms with Gasteiger partial charge in [0, 0.05) is 12.4 Å². The predicted molar refractivity (Wildman–Crippen MR) is 65.5 cm³/mol. The van der Waals surface area contributed by atoms with Gasteiger partial charge in [0.15, 0.2) is 5.82 Å². The number of aldehydes is 1. The molecular formula is C13H11FN4O. The van der Waals surface area contributed by atoms with E-state index in [1.165, 1.54) is 29.2 Å². The number of rotatable bonds is 3. The first-order chi connectivity index (χ1) is 8.99. The molecule has 0 amide bonds. The van der Waals surface area contributed by atoms with Gasteiger partial charge in [-0.05, 0) is 26.0 Å². The quantitative estimate of drug-likeness (QED) is 0.788. The highest BCUT2D eigenvalue weighted by Gasteiger charge is 2.24. The molecule has 6 heteroatoms. The van der Waals surface area contributed by atoms with Crippen LogP contribution in [0, 0.1) is 17.1 Å². The second-order valence-electron chi connectivity index (χ2n) is 4.55. The summed E-state index contributed by atoms with van der Waals surface area (Å²) in [5, 5.41) is 13.2. The fourth-order valence-corrected chi connectivity index (χ4v) is 1.54. The number of pyridine rings is 1. The van der Waals surface area contributed by atoms with Gasteiger partial charge in [-0.25, -0.2) is 4.39 Å². The third-order valence-corrected chi connectivity index (χ3v) is 2.70. The highest BCUT2D eigenvalue weighted by molar-refractivity contribution is 5.65. The molecule has 0 bridgehead atoms. The molecule has 96 valence electrons. The predicted octanol–water partition coefficient (Wildman–Crippen LogP) is 1.89. The van der Waals surface area contributed by atoms with Crippen molar-refractivity contribution in [1.82, 2.24) is 14.8 Å². The molecule has 2 rings (SSSR count). The van der Waals surface area contributed by atoms with Gasteiger partial charge < -0.3 is 4.79 Å². The number of carbonyl (C=O) groups excluding carboxylic acids is 1. The lowest BCUT2D eigenvalue weighted by molar-refractivity contribution is -0.114. The first-order valence-electron chi connectivity index (χ1n) is 5.57. The molecular weight excluding hydrogens is 247 g/mol. The monoisotopic (exact) mass is 258 g/mol. The molecule has 0 aliphatic rings. The van der Waals surface area contributed by atoms with Crippen molar-refractivity contribution in [2.45, 2.75) is 19.4 Å². The Balaban J connectivity index is 2.63. The zero-order chi connectivity index (χ0) is 14.0. The van der Waals surface area contributed by atoms with Gasteiger partial charge >= 0.3 is 0 Å². The number of hydrogen-bond acceptors (Lipinski definition) is 4. The molecule has 0 saturated heterocycles. The molecule has 2 aromatic heterocycles. The van der Waals surface area contributed by atoms with Crippen molar-refractivity contribution in [2.24, 2.45) is 0 Å². The Morgan fingerprint density at radius 2 is 2.21 bits per heavy atom. The molecule has 0 atom stereocenters. The summed E-state index contributed by atoms with van der Waals surface area (Å²) in [6, 6.07) is 4.63. The molecule has 2 aromatic rings. The van der Waals surface area contributed by atoms with Crippen LogP contribution in [0.1, 0.15) is 19.4 Å². The highest BCUT2D eigenvalue weighted by atomic mass is 19.1. The van der Waals surface area contributed by atoms with Gasteiger partial charge in [0.1, 0.15) is 29.3 Å². The average Bonchev–Trinajstić information content (AvgIpc) is 2.84. The Labute approximate surface area is 109 Å². The van der Waals surface area contributed by atoms with Gasteiger partial charge in [0.05, 0.1) is 5.56 Å². The maximum Gasteiger partial charge on any atom is 0.151 e. The Kier molecular flexibility index (Phi) is 3.13. The molecule has 0 spiro atoms. The van der Waals surface area contributed by atoms with Crippen LogP contribution in [0.4, 0.5) is 4.39 Å². The van der Waals surface area contributed by atoms with Crippen LogP contribution in [0.15, 0.2) is 24.5 Å². The fraction of sp³-hybridized carbons (Fsp3) is 0.231. The van der Waals surface area contributed by atoms with E-state index in [0.717, 1.165) is 0 Å². The molecule has 0 saturated carbocycles. The Hall–Kier alpha value is -2.55. The topological polar surface area (TPSA) is 71.6 Å². The molecule has 0 fully saturated rings. The lowest BCUT2D eigenvalue weighted by Crippen LogP contribution is -2.28. The Morgan fingerprint density at radius 3 is 2.79 bits per heavy atom. The molecule has 2 heterocycles. The largest absolute Gasteiger partial charge is 0.301 e. The molecule has 0 aliphatic heterocycles. The van der Waals surface area contributed by atoms with Gasteiger partial charge in [0.2, 0.25) is 0 Å². The summed E-state index contributed by atoms with van der Waals surface area (Å²) in [6.07, 6.45) is 3.54. The summed E-state index contributed by atoms with van der Waals surface area (Å²) in [5.41, 5.74) is -0.600. The summed E-state index contributed by atoms with van der Waals surface area (Å²) in [4.78, 5) is 14.9. The molecule has 0 radical (unpaired) electrons. The molecule has 0 unspecified atom stereocenters. The minimum absolute atomic E-state index is 0.000464. The first-order valence-corrected chi connectivity index (χ1v) is 5.57. The van der Waals surface area contributed by atoms with Crippen LogP contribution in [-0.4, -0.2) is 21.1 Å². The van der Waals surface area contributed by atoms with Gasteiger partial charge in [0.25, 0.3) is 0 Å². The summed E-state index contributed by atoms with van der Waals surface area (Å²) >= 11 is 0. The zero-order valence-corrected chi connectivity index (χ0v) is 10.5.